The van der Waals surface area contributed by atoms with Crippen LogP contribution in [0.2, 0.25) is 0 Å². The van der Waals surface area contributed by atoms with Crippen molar-refractivity contribution >= 4 is 150 Å². The molecule has 5 heterocycles. The van der Waals surface area contributed by atoms with E-state index in [0.717, 1.165) is 103 Å². The first-order valence-electron chi connectivity index (χ1n) is 31.6. The molecule has 5 aromatic heterocycles. The van der Waals surface area contributed by atoms with Crippen LogP contribution in [-0.4, -0.2) is 70.1 Å². The van der Waals surface area contributed by atoms with E-state index in [2.05, 4.69) is 111 Å². The second-order valence-electron chi connectivity index (χ2n) is 23.0. The van der Waals surface area contributed by atoms with Crippen LogP contribution in [0.25, 0.3) is 109 Å². The minimum Gasteiger partial charge on any atom is -0.396 e. The third-order valence-electron chi connectivity index (χ3n) is 17.1. The predicted molar refractivity (Wildman–Crippen MR) is 381 cm³/mol. The summed E-state index contributed by atoms with van der Waals surface area (Å²) in [5, 5.41) is 20.5. The van der Waals surface area contributed by atoms with Gasteiger partial charge in [0.05, 0.1) is 0 Å². The van der Waals surface area contributed by atoms with Gasteiger partial charge in [0.15, 0.2) is 11.6 Å². The Bertz CT molecular complexity index is 4860. The Kier molecular flexibility index (Phi) is 21.4. The lowest BCUT2D eigenvalue weighted by atomic mass is 10.1. The number of ketones is 2. The molecule has 0 aliphatic rings. The second kappa shape index (κ2) is 30.5. The second-order valence-corrected chi connectivity index (χ2v) is 24.3. The first-order valence-corrected chi connectivity index (χ1v) is 32.4. The Balaban J connectivity index is 0.000000120. The van der Waals surface area contributed by atoms with Crippen LogP contribution in [0.5, 0.6) is 0 Å². The summed E-state index contributed by atoms with van der Waals surface area (Å²) in [6.45, 7) is 6.33. The Morgan fingerprint density at radius 2 is 0.606 bits per heavy atom. The molecule has 0 unspecified atom stereocenters. The third-order valence-corrected chi connectivity index (χ3v) is 17.6. The molecule has 15 aromatic rings. The summed E-state index contributed by atoms with van der Waals surface area (Å²) >= 11 is 11.7. The Morgan fingerprint density at radius 3 is 0.862 bits per heavy atom. The normalized spacial score (nSPS) is 11.5. The van der Waals surface area contributed by atoms with E-state index in [9.17, 15) is 31.9 Å². The minimum absolute atomic E-state index is 0.00121. The number of alkyl halides is 6. The van der Waals surface area contributed by atoms with Crippen LogP contribution in [0.1, 0.15) is 66.7 Å². The molecular weight excluding hydrogens is 1230 g/mol. The zero-order valence-corrected chi connectivity index (χ0v) is 53.7. The SMILES string of the molecule is CC(=O)c1ccc2c(c1)c1ccccc1n2CCC(Cl)Cl.CC(=O)c1ccc2c(c1)c1ccccc1n2CCC(F)F.FC(F)CCn1c2ccccc2c2ccccc21.O=CCCn1c2ccccc2c2ccccc21.OCCCn1c2ccccc2c2ccccc21. The summed E-state index contributed by atoms with van der Waals surface area (Å²) in [6, 6.07) is 76.6. The van der Waals surface area contributed by atoms with Crippen molar-refractivity contribution in [2.24, 2.45) is 0 Å². The molecule has 9 nitrogen and oxygen atoms in total. The number of carbonyl (C=O) groups is 3. The van der Waals surface area contributed by atoms with Crippen molar-refractivity contribution in [2.45, 2.75) is 96.4 Å². The monoisotopic (exact) mass is 1300 g/mol. The molecule has 10 aromatic carbocycles. The number of rotatable bonds is 17. The van der Waals surface area contributed by atoms with Crippen LogP contribution in [0, 0.1) is 0 Å². The summed E-state index contributed by atoms with van der Waals surface area (Å²) in [4.78, 5) is 33.3. The van der Waals surface area contributed by atoms with E-state index in [1.807, 2.05) is 137 Å². The maximum atomic E-state index is 12.5. The van der Waals surface area contributed by atoms with E-state index in [1.165, 1.54) is 50.5 Å². The van der Waals surface area contributed by atoms with Crippen LogP contribution in [0.3, 0.4) is 0 Å². The molecule has 0 amide bonds. The Labute approximate surface area is 551 Å². The molecule has 478 valence electrons. The molecule has 0 bridgehead atoms. The fraction of sp³-hybridized carbons (Fsp3) is 0.203. The van der Waals surface area contributed by atoms with Gasteiger partial charge in [0.25, 0.3) is 0 Å². The molecule has 15 rings (SSSR count). The number of benzene rings is 10. The molecule has 94 heavy (non-hydrogen) atoms. The lowest BCUT2D eigenvalue weighted by Crippen LogP contribution is -2.02. The largest absolute Gasteiger partial charge is 0.396 e. The van der Waals surface area contributed by atoms with Crippen molar-refractivity contribution in [1.82, 2.24) is 22.8 Å². The fourth-order valence-electron chi connectivity index (χ4n) is 12.9. The number of aryl methyl sites for hydroxylation is 5. The quantitative estimate of drug-likeness (QED) is 0.0425. The maximum Gasteiger partial charge on any atom is 0.240 e. The summed E-state index contributed by atoms with van der Waals surface area (Å²) in [5.74, 6) is 0.0802. The first-order chi connectivity index (χ1) is 45.8. The molecule has 15 heteroatoms. The zero-order valence-electron chi connectivity index (χ0n) is 52.2. The zero-order chi connectivity index (χ0) is 65.8. The van der Waals surface area contributed by atoms with Gasteiger partial charge in [-0.3, -0.25) is 9.59 Å². The molecule has 0 aliphatic heterocycles. The topological polar surface area (TPSA) is 96.1 Å². The fourth-order valence-corrected chi connectivity index (χ4v) is 13.0. The first kappa shape index (κ1) is 65.9. The molecule has 0 radical (unpaired) electrons. The van der Waals surface area contributed by atoms with Gasteiger partial charge in [0, 0.05) is 179 Å². The standard InChI is InChI=1S/C17H15Cl2NO.C17H15F2NO.C15H13F2N.C15H15NO.C15H13NO/c2*1-11(21)12-6-7-16-14(10-12)13-4-2-3-5-15(13)20(16)9-8-17(18)19;16-15(17)9-10-18-13-7-3-1-5-11(13)12-6-2-4-8-14(12)18;2*17-11-5-10-16-14-8-3-1-6-12(14)13-7-2-4-9-15(13)16/h2*2-7,10,17H,8-9H2,1H3;1-8,15H,9-10H2;1-4,6-9,17H,5,10-11H2;1-4,6-9,11H,5,10H2. The molecule has 0 fully saturated rings. The van der Waals surface area contributed by atoms with Gasteiger partial charge in [-0.25, -0.2) is 17.6 Å². The number of Topliss-reactive ketones (excluding diaryl/α,β-unsaturated/α-hetero) is 2. The lowest BCUT2D eigenvalue weighted by Gasteiger charge is -2.08. The number of carbonyl (C=O) groups excluding carboxylic acids is 3. The average Bonchev–Trinajstić information content (AvgIpc) is 1.66. The third kappa shape index (κ3) is 14.3. The number of halogens is 6. The molecule has 0 aliphatic carbocycles. The van der Waals surface area contributed by atoms with Crippen LogP contribution >= 0.6 is 23.2 Å². The van der Waals surface area contributed by atoms with Crippen molar-refractivity contribution in [3.05, 3.63) is 242 Å². The van der Waals surface area contributed by atoms with E-state index >= 15 is 0 Å². The number of fused-ring (bicyclic) bond motifs is 15. The van der Waals surface area contributed by atoms with E-state index < -0.39 is 12.9 Å². The van der Waals surface area contributed by atoms with Gasteiger partial charge in [-0.05, 0) is 112 Å². The highest BCUT2D eigenvalue weighted by Gasteiger charge is 2.17. The van der Waals surface area contributed by atoms with Crippen molar-refractivity contribution < 1.29 is 37.1 Å². The van der Waals surface area contributed by atoms with Crippen LogP contribution in [-0.2, 0) is 37.5 Å². The number of para-hydroxylation sites is 8. The van der Waals surface area contributed by atoms with Crippen molar-refractivity contribution in [3.8, 4) is 0 Å². The molecular formula is C79H71Cl2F4N5O4. The van der Waals surface area contributed by atoms with E-state index in [4.69, 9.17) is 28.3 Å². The number of aldehydes is 1. The number of aromatic nitrogens is 5. The van der Waals surface area contributed by atoms with Crippen LogP contribution in [0.4, 0.5) is 17.6 Å². The number of hydrogen-bond donors (Lipinski definition) is 1. The van der Waals surface area contributed by atoms with E-state index in [-0.39, 0.29) is 42.4 Å². The smallest absolute Gasteiger partial charge is 0.240 e. The van der Waals surface area contributed by atoms with Gasteiger partial charge in [-0.15, -0.1) is 23.2 Å². The number of nitrogens with zero attached hydrogens (tertiary/aromatic N) is 5. The maximum absolute atomic E-state index is 12.5. The highest BCUT2D eigenvalue weighted by molar-refractivity contribution is 6.44. The van der Waals surface area contributed by atoms with Crippen molar-refractivity contribution in [3.63, 3.8) is 0 Å². The lowest BCUT2D eigenvalue weighted by molar-refractivity contribution is -0.108. The van der Waals surface area contributed by atoms with Gasteiger partial charge in [0.1, 0.15) is 11.1 Å². The summed E-state index contributed by atoms with van der Waals surface area (Å²) in [7, 11) is 0. The van der Waals surface area contributed by atoms with E-state index in [0.29, 0.717) is 24.9 Å². The highest BCUT2D eigenvalue weighted by Crippen LogP contribution is 2.35. The van der Waals surface area contributed by atoms with Gasteiger partial charge < -0.3 is 32.7 Å². The molecule has 0 atom stereocenters. The van der Waals surface area contributed by atoms with Gasteiger partial charge >= 0.3 is 0 Å². The van der Waals surface area contributed by atoms with Gasteiger partial charge in [-0.2, -0.15) is 0 Å². The molecule has 0 saturated heterocycles. The molecule has 0 saturated carbocycles. The summed E-state index contributed by atoms with van der Waals surface area (Å²) in [6.07, 6.45) is -1.85. The number of hydrogen-bond acceptors (Lipinski definition) is 4. The highest BCUT2D eigenvalue weighted by atomic mass is 35.5. The number of aliphatic hydroxyl groups is 1. The van der Waals surface area contributed by atoms with Gasteiger partial charge in [-0.1, -0.05) is 146 Å². The van der Waals surface area contributed by atoms with Crippen molar-refractivity contribution in [2.75, 3.05) is 6.61 Å². The van der Waals surface area contributed by atoms with E-state index in [1.54, 1.807) is 13.0 Å². The van der Waals surface area contributed by atoms with Crippen molar-refractivity contribution in [1.29, 1.82) is 0 Å². The van der Waals surface area contributed by atoms with Gasteiger partial charge in [0.2, 0.25) is 12.9 Å². The van der Waals surface area contributed by atoms with Crippen LogP contribution < -0.4 is 0 Å². The summed E-state index contributed by atoms with van der Waals surface area (Å²) < 4.78 is 60.5. The predicted octanol–water partition coefficient (Wildman–Crippen LogP) is 20.9. The average molecular weight is 1300 g/mol. The number of aliphatic hydroxyl groups excluding tert-OH is 1. The van der Waals surface area contributed by atoms with Crippen LogP contribution in [0.15, 0.2) is 231 Å². The Hall–Kier alpha value is -9.53. The summed E-state index contributed by atoms with van der Waals surface area (Å²) in [5.41, 5.74) is 12.4. The molecule has 1 N–H and O–H groups in total. The molecule has 0 spiro atoms. The minimum atomic E-state index is -2.32. The Morgan fingerprint density at radius 1 is 0.362 bits per heavy atom.